The predicted octanol–water partition coefficient (Wildman–Crippen LogP) is 2.94. The van der Waals surface area contributed by atoms with Crippen molar-refractivity contribution in [2.75, 3.05) is 17.7 Å². The number of benzene rings is 2. The number of urea groups is 1. The van der Waals surface area contributed by atoms with Gasteiger partial charge in [0.2, 0.25) is 0 Å². The van der Waals surface area contributed by atoms with Gasteiger partial charge >= 0.3 is 6.03 Å². The van der Waals surface area contributed by atoms with Gasteiger partial charge in [-0.1, -0.05) is 12.1 Å². The van der Waals surface area contributed by atoms with E-state index < -0.39 is 11.8 Å². The molecule has 0 aliphatic heterocycles. The molecule has 4 N–H and O–H groups in total. The van der Waals surface area contributed by atoms with Crippen LogP contribution in [-0.4, -0.2) is 13.1 Å². The van der Waals surface area contributed by atoms with Gasteiger partial charge in [0.05, 0.1) is 12.8 Å². The van der Waals surface area contributed by atoms with Crippen molar-refractivity contribution in [3.63, 3.8) is 0 Å². The number of anilines is 2. The molecule has 0 radical (unpaired) electrons. The van der Waals surface area contributed by atoms with E-state index in [9.17, 15) is 9.18 Å². The topological polar surface area (TPSA) is 76.4 Å². The monoisotopic (exact) mass is 289 g/mol. The van der Waals surface area contributed by atoms with Crippen LogP contribution >= 0.6 is 0 Å². The molecule has 0 fully saturated rings. The third-order valence-corrected chi connectivity index (χ3v) is 2.88. The van der Waals surface area contributed by atoms with Gasteiger partial charge in [-0.05, 0) is 30.3 Å². The fraction of sp³-hybridized carbons (Fsp3) is 0.133. The molecule has 110 valence electrons. The van der Waals surface area contributed by atoms with Gasteiger partial charge in [0.25, 0.3) is 0 Å². The Morgan fingerprint density at radius 1 is 1.24 bits per heavy atom. The molecular formula is C15H16FN3O2. The van der Waals surface area contributed by atoms with Crippen LogP contribution in [0.5, 0.6) is 5.75 Å². The van der Waals surface area contributed by atoms with E-state index in [0.717, 1.165) is 0 Å². The van der Waals surface area contributed by atoms with Crippen molar-refractivity contribution in [2.45, 2.75) is 6.54 Å². The molecule has 2 rings (SSSR count). The minimum atomic E-state index is -0.450. The predicted molar refractivity (Wildman–Crippen MR) is 79.9 cm³/mol. The van der Waals surface area contributed by atoms with Crippen LogP contribution in [0.25, 0.3) is 0 Å². The summed E-state index contributed by atoms with van der Waals surface area (Å²) < 4.78 is 18.5. The Kier molecular flexibility index (Phi) is 4.73. The fourth-order valence-electron chi connectivity index (χ4n) is 1.84. The molecule has 21 heavy (non-hydrogen) atoms. The maximum Gasteiger partial charge on any atom is 0.323 e. The average Bonchev–Trinajstić information content (AvgIpc) is 2.49. The van der Waals surface area contributed by atoms with Gasteiger partial charge < -0.3 is 21.1 Å². The molecule has 0 heterocycles. The van der Waals surface area contributed by atoms with Crippen LogP contribution in [0, 0.1) is 5.82 Å². The van der Waals surface area contributed by atoms with Gasteiger partial charge in [-0.15, -0.1) is 0 Å². The number of ether oxygens (including phenoxy) is 1. The Labute approximate surface area is 121 Å². The Bertz CT molecular complexity index is 647. The number of nitrogens with two attached hydrogens (primary N) is 1. The van der Waals surface area contributed by atoms with Crippen molar-refractivity contribution in [2.24, 2.45) is 5.73 Å². The lowest BCUT2D eigenvalue weighted by Crippen LogP contribution is -2.20. The zero-order valence-electron chi connectivity index (χ0n) is 11.5. The quantitative estimate of drug-likeness (QED) is 0.810. The Morgan fingerprint density at radius 2 is 2.00 bits per heavy atom. The van der Waals surface area contributed by atoms with Gasteiger partial charge in [0.1, 0.15) is 11.6 Å². The first-order chi connectivity index (χ1) is 10.1. The van der Waals surface area contributed by atoms with E-state index in [2.05, 4.69) is 10.6 Å². The molecule has 2 aromatic rings. The van der Waals surface area contributed by atoms with Crippen LogP contribution in [0.1, 0.15) is 5.56 Å². The fourth-order valence-corrected chi connectivity index (χ4v) is 1.84. The summed E-state index contributed by atoms with van der Waals surface area (Å²) in [5.74, 6) is 0.155. The van der Waals surface area contributed by atoms with Crippen LogP contribution in [0.2, 0.25) is 0 Å². The number of carbonyl (C=O) groups is 1. The number of methoxy groups -OCH3 is 1. The van der Waals surface area contributed by atoms with Gasteiger partial charge in [-0.3, -0.25) is 0 Å². The third kappa shape index (κ3) is 3.70. The summed E-state index contributed by atoms with van der Waals surface area (Å²) in [6.45, 7) is 0.0650. The smallest absolute Gasteiger partial charge is 0.323 e. The summed E-state index contributed by atoms with van der Waals surface area (Å²) in [6, 6.07) is 10.8. The molecule has 0 saturated carbocycles. The van der Waals surface area contributed by atoms with Gasteiger partial charge in [0.15, 0.2) is 0 Å². The van der Waals surface area contributed by atoms with E-state index in [1.165, 1.54) is 25.3 Å². The average molecular weight is 289 g/mol. The van der Waals surface area contributed by atoms with Crippen molar-refractivity contribution in [1.82, 2.24) is 0 Å². The van der Waals surface area contributed by atoms with Gasteiger partial charge in [-0.2, -0.15) is 0 Å². The summed E-state index contributed by atoms with van der Waals surface area (Å²) in [5, 5.41) is 5.28. The lowest BCUT2D eigenvalue weighted by Gasteiger charge is -2.11. The van der Waals surface area contributed by atoms with Crippen molar-refractivity contribution >= 4 is 17.4 Å². The van der Waals surface area contributed by atoms with E-state index in [1.54, 1.807) is 24.3 Å². The third-order valence-electron chi connectivity index (χ3n) is 2.88. The Hall–Kier alpha value is -2.60. The SMILES string of the molecule is COc1ccccc1NC(=O)Nc1ccc(F)c(CN)c1. The van der Waals surface area contributed by atoms with Crippen molar-refractivity contribution < 1.29 is 13.9 Å². The van der Waals surface area contributed by atoms with Crippen LogP contribution in [0.3, 0.4) is 0 Å². The van der Waals surface area contributed by atoms with Crippen molar-refractivity contribution in [3.05, 3.63) is 53.8 Å². The van der Waals surface area contributed by atoms with Crippen LogP contribution in [0.4, 0.5) is 20.6 Å². The Balaban J connectivity index is 2.08. The number of hydrogen-bond donors (Lipinski definition) is 3. The van der Waals surface area contributed by atoms with Gasteiger partial charge in [-0.25, -0.2) is 9.18 Å². The van der Waals surface area contributed by atoms with Crippen molar-refractivity contribution in [3.8, 4) is 5.75 Å². The maximum atomic E-state index is 13.3. The number of nitrogens with one attached hydrogen (secondary N) is 2. The van der Waals surface area contributed by atoms with E-state index in [-0.39, 0.29) is 6.54 Å². The van der Waals surface area contributed by atoms with Crippen LogP contribution < -0.4 is 21.1 Å². The van der Waals surface area contributed by atoms with Gasteiger partial charge in [0, 0.05) is 17.8 Å². The highest BCUT2D eigenvalue weighted by atomic mass is 19.1. The van der Waals surface area contributed by atoms with Crippen LogP contribution in [0.15, 0.2) is 42.5 Å². The summed E-state index contributed by atoms with van der Waals surface area (Å²) >= 11 is 0. The molecule has 0 bridgehead atoms. The number of carbonyl (C=O) groups excluding carboxylic acids is 1. The highest BCUT2D eigenvalue weighted by Crippen LogP contribution is 2.23. The largest absolute Gasteiger partial charge is 0.495 e. The maximum absolute atomic E-state index is 13.3. The summed E-state index contributed by atoms with van der Waals surface area (Å²) in [7, 11) is 1.52. The molecule has 0 aliphatic carbocycles. The van der Waals surface area contributed by atoms with E-state index >= 15 is 0 Å². The molecule has 5 nitrogen and oxygen atoms in total. The minimum Gasteiger partial charge on any atom is -0.495 e. The summed E-state index contributed by atoms with van der Waals surface area (Å²) in [6.07, 6.45) is 0. The minimum absolute atomic E-state index is 0.0650. The Morgan fingerprint density at radius 3 is 2.71 bits per heavy atom. The molecule has 0 atom stereocenters. The molecule has 0 spiro atoms. The molecule has 0 saturated heterocycles. The van der Waals surface area contributed by atoms with E-state index in [0.29, 0.717) is 22.7 Å². The number of halogens is 1. The lowest BCUT2D eigenvalue weighted by atomic mass is 10.2. The number of rotatable bonds is 4. The molecule has 0 aromatic heterocycles. The molecule has 2 aromatic carbocycles. The number of amides is 2. The zero-order chi connectivity index (χ0) is 15.2. The second kappa shape index (κ2) is 6.71. The second-order valence-electron chi connectivity index (χ2n) is 4.29. The zero-order valence-corrected chi connectivity index (χ0v) is 11.5. The standard InChI is InChI=1S/C15H16FN3O2/c1-21-14-5-3-2-4-13(14)19-15(20)18-11-6-7-12(16)10(8-11)9-17/h2-8H,9,17H2,1H3,(H2,18,19,20). The van der Waals surface area contributed by atoms with E-state index in [1.807, 2.05) is 0 Å². The number of para-hydroxylation sites is 2. The second-order valence-corrected chi connectivity index (χ2v) is 4.29. The number of hydrogen-bond acceptors (Lipinski definition) is 3. The highest BCUT2D eigenvalue weighted by Gasteiger charge is 2.08. The lowest BCUT2D eigenvalue weighted by molar-refractivity contribution is 0.262. The molecule has 0 aliphatic rings. The van der Waals surface area contributed by atoms with E-state index in [4.69, 9.17) is 10.5 Å². The molecule has 6 heteroatoms. The summed E-state index contributed by atoms with van der Waals surface area (Å²) in [5.41, 5.74) is 6.77. The van der Waals surface area contributed by atoms with Crippen LogP contribution in [-0.2, 0) is 6.54 Å². The first-order valence-electron chi connectivity index (χ1n) is 6.33. The normalized spacial score (nSPS) is 10.0. The molecule has 0 unspecified atom stereocenters. The molecule has 2 amide bonds. The summed E-state index contributed by atoms with van der Waals surface area (Å²) in [4.78, 5) is 11.9. The first kappa shape index (κ1) is 14.8. The first-order valence-corrected chi connectivity index (χ1v) is 6.33. The van der Waals surface area contributed by atoms with Crippen molar-refractivity contribution in [1.29, 1.82) is 0 Å². The highest BCUT2D eigenvalue weighted by molar-refractivity contribution is 6.00. The molecular weight excluding hydrogens is 273 g/mol.